The van der Waals surface area contributed by atoms with E-state index in [-0.39, 0.29) is 17.4 Å². The first-order valence-electron chi connectivity index (χ1n) is 8.72. The maximum Gasteiger partial charge on any atom is 0.214 e. The number of aromatic nitrogens is 1. The number of benzene rings is 2. The van der Waals surface area contributed by atoms with Crippen LogP contribution in [0.25, 0.3) is 16.5 Å². The zero-order valence-electron chi connectivity index (χ0n) is 14.5. The summed E-state index contributed by atoms with van der Waals surface area (Å²) in [6.07, 6.45) is 2.02. The Morgan fingerprint density at radius 1 is 1.08 bits per heavy atom. The van der Waals surface area contributed by atoms with E-state index in [2.05, 4.69) is 11.8 Å². The van der Waals surface area contributed by atoms with E-state index in [0.29, 0.717) is 0 Å². The van der Waals surface area contributed by atoms with Gasteiger partial charge in [0.25, 0.3) is 0 Å². The van der Waals surface area contributed by atoms with Gasteiger partial charge in [-0.15, -0.1) is 0 Å². The Labute approximate surface area is 151 Å². The summed E-state index contributed by atoms with van der Waals surface area (Å²) in [5.74, 6) is -0.308. The van der Waals surface area contributed by atoms with E-state index in [4.69, 9.17) is 4.98 Å². The van der Waals surface area contributed by atoms with Crippen LogP contribution in [0, 0.1) is 10.1 Å². The molecule has 5 nitrogen and oxygen atoms in total. The molecule has 0 unspecified atom stereocenters. The van der Waals surface area contributed by atoms with Crippen LogP contribution in [-0.4, -0.2) is 23.0 Å². The van der Waals surface area contributed by atoms with Crippen molar-refractivity contribution in [3.8, 4) is 0 Å². The largest absolute Gasteiger partial charge is 0.348 e. The van der Waals surface area contributed by atoms with Gasteiger partial charge in [0, 0.05) is 34.3 Å². The molecule has 0 saturated carbocycles. The van der Waals surface area contributed by atoms with Gasteiger partial charge in [-0.25, -0.2) is 4.98 Å². The fourth-order valence-electron chi connectivity index (χ4n) is 3.62. The third kappa shape index (κ3) is 2.81. The molecule has 0 saturated heterocycles. The fraction of sp³-hybridized carbons (Fsp3) is 0.190. The van der Waals surface area contributed by atoms with Gasteiger partial charge in [-0.2, -0.15) is 0 Å². The van der Waals surface area contributed by atoms with Crippen LogP contribution in [-0.2, 0) is 0 Å². The number of rotatable bonds is 4. The Morgan fingerprint density at radius 2 is 1.85 bits per heavy atom. The van der Waals surface area contributed by atoms with Crippen LogP contribution in [0.1, 0.15) is 24.1 Å². The molecule has 0 spiro atoms. The highest BCUT2D eigenvalue weighted by Crippen LogP contribution is 2.41. The number of nitrogens with zero attached hydrogens (tertiary/aromatic N) is 3. The molecule has 0 radical (unpaired) electrons. The third-order valence-electron chi connectivity index (χ3n) is 4.86. The lowest BCUT2D eigenvalue weighted by Gasteiger charge is -2.32. The normalized spacial score (nSPS) is 16.3. The molecule has 1 aliphatic heterocycles. The molecular formula is C21H19N3O2. The van der Waals surface area contributed by atoms with E-state index in [1.165, 1.54) is 0 Å². The minimum Gasteiger partial charge on any atom is -0.348 e. The van der Waals surface area contributed by atoms with Crippen LogP contribution < -0.4 is 4.90 Å². The molecule has 0 bridgehead atoms. The van der Waals surface area contributed by atoms with Crippen LogP contribution in [0.5, 0.6) is 0 Å². The molecule has 0 fully saturated rings. The number of anilines is 1. The van der Waals surface area contributed by atoms with Crippen molar-refractivity contribution >= 4 is 22.2 Å². The highest BCUT2D eigenvalue weighted by molar-refractivity contribution is 5.84. The highest BCUT2D eigenvalue weighted by Gasteiger charge is 2.31. The molecule has 1 aliphatic rings. The van der Waals surface area contributed by atoms with Gasteiger partial charge in [-0.3, -0.25) is 10.1 Å². The monoisotopic (exact) mass is 345 g/mol. The Balaban J connectivity index is 1.88. The number of hydrogen-bond donors (Lipinski definition) is 0. The molecule has 0 aliphatic carbocycles. The summed E-state index contributed by atoms with van der Waals surface area (Å²) in [6.45, 7) is 2.72. The minimum atomic E-state index is -0.308. The summed E-state index contributed by atoms with van der Waals surface area (Å²) < 4.78 is 0. The van der Waals surface area contributed by atoms with Crippen LogP contribution in [0.4, 0.5) is 5.69 Å². The molecule has 1 aromatic heterocycles. The number of nitro groups is 1. The van der Waals surface area contributed by atoms with E-state index in [1.807, 2.05) is 66.9 Å². The van der Waals surface area contributed by atoms with Crippen molar-refractivity contribution in [1.82, 2.24) is 4.98 Å². The maximum atomic E-state index is 11.4. The SMILES string of the molecule is CCN1C=C(c2ccc3ccccc3n2)[C@@H](C[N+](=O)[O-])c2ccccc21. The average molecular weight is 345 g/mol. The van der Waals surface area contributed by atoms with Crippen LogP contribution >= 0.6 is 0 Å². The second-order valence-corrected chi connectivity index (χ2v) is 6.39. The number of fused-ring (bicyclic) bond motifs is 2. The second kappa shape index (κ2) is 6.59. The predicted octanol–water partition coefficient (Wildman–Crippen LogP) is 4.48. The van der Waals surface area contributed by atoms with Crippen molar-refractivity contribution in [2.24, 2.45) is 0 Å². The number of para-hydroxylation sites is 2. The standard InChI is InChI=1S/C21H19N3O2/c1-2-23-13-18(20-12-11-15-7-3-5-9-19(15)22-20)17(14-24(25)26)16-8-4-6-10-21(16)23/h3-13,17H,2,14H2,1H3/t17-/m0/s1. The van der Waals surface area contributed by atoms with Gasteiger partial charge in [0.1, 0.15) is 0 Å². The molecule has 0 N–H and O–H groups in total. The molecule has 5 heteroatoms. The van der Waals surface area contributed by atoms with E-state index in [0.717, 1.165) is 40.0 Å². The van der Waals surface area contributed by atoms with E-state index in [1.54, 1.807) is 0 Å². The lowest BCUT2D eigenvalue weighted by atomic mass is 9.85. The van der Waals surface area contributed by atoms with Gasteiger partial charge in [0.15, 0.2) is 0 Å². The lowest BCUT2D eigenvalue weighted by molar-refractivity contribution is -0.481. The Morgan fingerprint density at radius 3 is 2.65 bits per heavy atom. The van der Waals surface area contributed by atoms with Gasteiger partial charge < -0.3 is 4.90 Å². The van der Waals surface area contributed by atoms with Crippen molar-refractivity contribution in [3.63, 3.8) is 0 Å². The van der Waals surface area contributed by atoms with Crippen molar-refractivity contribution in [2.75, 3.05) is 18.0 Å². The second-order valence-electron chi connectivity index (χ2n) is 6.39. The van der Waals surface area contributed by atoms with Crippen molar-refractivity contribution in [2.45, 2.75) is 12.8 Å². The topological polar surface area (TPSA) is 59.3 Å². The van der Waals surface area contributed by atoms with E-state index < -0.39 is 0 Å². The molecule has 2 heterocycles. The minimum absolute atomic E-state index is 0.144. The highest BCUT2D eigenvalue weighted by atomic mass is 16.6. The van der Waals surface area contributed by atoms with Gasteiger partial charge in [-0.05, 0) is 30.7 Å². The molecular weight excluding hydrogens is 326 g/mol. The summed E-state index contributed by atoms with van der Waals surface area (Å²) in [6, 6.07) is 19.8. The first kappa shape index (κ1) is 16.3. The zero-order chi connectivity index (χ0) is 18.1. The first-order valence-corrected chi connectivity index (χ1v) is 8.72. The average Bonchev–Trinajstić information content (AvgIpc) is 2.67. The van der Waals surface area contributed by atoms with Gasteiger partial charge in [0.05, 0.1) is 17.1 Å². The lowest BCUT2D eigenvalue weighted by Crippen LogP contribution is -2.27. The first-order chi connectivity index (χ1) is 12.7. The maximum absolute atomic E-state index is 11.4. The molecule has 130 valence electrons. The summed E-state index contributed by atoms with van der Waals surface area (Å²) in [5, 5.41) is 12.4. The fourth-order valence-corrected chi connectivity index (χ4v) is 3.62. The molecule has 4 rings (SSSR count). The Hall–Kier alpha value is -3.21. The van der Waals surface area contributed by atoms with Crippen LogP contribution in [0.2, 0.25) is 0 Å². The Bertz CT molecular complexity index is 1010. The third-order valence-corrected chi connectivity index (χ3v) is 4.86. The zero-order valence-corrected chi connectivity index (χ0v) is 14.5. The van der Waals surface area contributed by atoms with Crippen molar-refractivity contribution in [1.29, 1.82) is 0 Å². The van der Waals surface area contributed by atoms with Gasteiger partial charge in [-0.1, -0.05) is 42.5 Å². The molecule has 1 atom stereocenters. The van der Waals surface area contributed by atoms with E-state index in [9.17, 15) is 10.1 Å². The summed E-state index contributed by atoms with van der Waals surface area (Å²) in [7, 11) is 0. The molecule has 26 heavy (non-hydrogen) atoms. The van der Waals surface area contributed by atoms with Gasteiger partial charge in [0.2, 0.25) is 6.54 Å². The smallest absolute Gasteiger partial charge is 0.214 e. The molecule has 0 amide bonds. The van der Waals surface area contributed by atoms with Crippen LogP contribution in [0.3, 0.4) is 0 Å². The van der Waals surface area contributed by atoms with Gasteiger partial charge >= 0.3 is 0 Å². The predicted molar refractivity (Wildman–Crippen MR) is 104 cm³/mol. The number of hydrogen-bond acceptors (Lipinski definition) is 4. The van der Waals surface area contributed by atoms with Crippen LogP contribution in [0.15, 0.2) is 66.9 Å². The van der Waals surface area contributed by atoms with Crippen molar-refractivity contribution < 1.29 is 4.92 Å². The molecule has 2 aromatic carbocycles. The summed E-state index contributed by atoms with van der Waals surface area (Å²) in [5.41, 5.74) is 4.61. The quantitative estimate of drug-likeness (QED) is 0.517. The molecule has 3 aromatic rings. The van der Waals surface area contributed by atoms with Crippen molar-refractivity contribution in [3.05, 3.63) is 88.2 Å². The summed E-state index contributed by atoms with van der Waals surface area (Å²) in [4.78, 5) is 18.0. The summed E-state index contributed by atoms with van der Waals surface area (Å²) >= 11 is 0. The Kier molecular flexibility index (Phi) is 4.13. The van der Waals surface area contributed by atoms with E-state index >= 15 is 0 Å². The number of pyridine rings is 1.